The quantitative estimate of drug-likeness (QED) is 0.0136. The van der Waals surface area contributed by atoms with Crippen LogP contribution in [0, 0.1) is 40.4 Å². The Morgan fingerprint density at radius 3 is 0.705 bits per heavy atom. The lowest BCUT2D eigenvalue weighted by Gasteiger charge is -2.28. The minimum atomic E-state index is -6.60. The molecule has 139 heavy (non-hydrogen) atoms. The van der Waals surface area contributed by atoms with Crippen molar-refractivity contribution in [1.82, 2.24) is 0 Å². The lowest BCUT2D eigenvalue weighted by Crippen LogP contribution is -2.50. The summed E-state index contributed by atoms with van der Waals surface area (Å²) in [7, 11) is -43.5. The lowest BCUT2D eigenvalue weighted by molar-refractivity contribution is -0.320. The molecule has 0 spiro atoms. The minimum absolute atomic E-state index is 0. The molecule has 0 radical (unpaired) electrons. The molecule has 840 valence electrons. The fourth-order valence-electron chi connectivity index (χ4n) is 5.39. The number of carbonyl (C=O) groups excluding carboxylic acids is 11. The van der Waals surface area contributed by atoms with E-state index in [-0.39, 0.29) is 77.9 Å². The Morgan fingerprint density at radius 1 is 0.259 bits per heavy atom. The van der Waals surface area contributed by atoms with Gasteiger partial charge >= 0.3 is 114 Å². The van der Waals surface area contributed by atoms with Crippen molar-refractivity contribution in [1.29, 1.82) is 0 Å². The minimum Gasteiger partial charge on any atom is -0.743 e. The molecular formula is C70H121F18O44S7-7. The second-order valence-corrected chi connectivity index (χ2v) is 37.0. The van der Waals surface area contributed by atoms with E-state index in [0.717, 1.165) is 0 Å². The molecule has 0 aliphatic carbocycles. The maximum Gasteiger partial charge on any atom is 0.433 e. The number of hydrogen-bond donors (Lipinski definition) is 0. The average molecular weight is 2230 g/mol. The predicted octanol–water partition coefficient (Wildman–Crippen LogP) is 10.4. The van der Waals surface area contributed by atoms with Crippen molar-refractivity contribution in [3.05, 3.63) is 0 Å². The molecule has 0 amide bonds. The van der Waals surface area contributed by atoms with Crippen LogP contribution in [-0.4, -0.2) is 278 Å². The van der Waals surface area contributed by atoms with Gasteiger partial charge in [0, 0.05) is 0 Å². The first-order valence-corrected chi connectivity index (χ1v) is 46.1. The van der Waals surface area contributed by atoms with Crippen LogP contribution < -0.4 is 0 Å². The molecule has 0 fully saturated rings. The van der Waals surface area contributed by atoms with E-state index in [1.165, 1.54) is 34.6 Å². The fourth-order valence-corrected chi connectivity index (χ4v) is 7.42. The maximum atomic E-state index is 12.8. The molecule has 0 heterocycles. The van der Waals surface area contributed by atoms with E-state index in [9.17, 15) is 223 Å². The summed E-state index contributed by atoms with van der Waals surface area (Å²) in [5.41, 5.74) is -1.41. The average Bonchev–Trinajstić information content (AvgIpc) is 0.776. The highest BCUT2D eigenvalue weighted by Crippen LogP contribution is 2.40. The Kier molecular flexibility index (Phi) is 78.0. The molecule has 69 heteroatoms. The lowest BCUT2D eigenvalue weighted by atomic mass is 9.91. The molecule has 0 aliphatic rings. The van der Waals surface area contributed by atoms with Crippen LogP contribution in [0.4, 0.5) is 79.0 Å². The number of hydrogen-bond acceptors (Lipinski definition) is 44. The van der Waals surface area contributed by atoms with Gasteiger partial charge in [0.25, 0.3) is 0 Å². The van der Waals surface area contributed by atoms with Crippen molar-refractivity contribution in [2.45, 2.75) is 269 Å². The summed E-state index contributed by atoms with van der Waals surface area (Å²) < 4.78 is 488. The van der Waals surface area contributed by atoms with Crippen LogP contribution in [0.5, 0.6) is 0 Å². The molecule has 44 nitrogen and oxygen atoms in total. The van der Waals surface area contributed by atoms with Crippen LogP contribution in [-0.2, 0) is 180 Å². The van der Waals surface area contributed by atoms with Crippen molar-refractivity contribution in [2.24, 2.45) is 40.4 Å². The number of carbonyl (C=O) groups is 11. The van der Waals surface area contributed by atoms with E-state index in [2.05, 4.69) is 52.1 Å². The van der Waals surface area contributed by atoms with E-state index in [1.54, 1.807) is 69.2 Å². The van der Waals surface area contributed by atoms with Crippen molar-refractivity contribution in [2.75, 3.05) is 72.9 Å². The van der Waals surface area contributed by atoms with E-state index in [1.807, 2.05) is 6.92 Å². The van der Waals surface area contributed by atoms with Gasteiger partial charge < -0.3 is 88.7 Å². The summed E-state index contributed by atoms with van der Waals surface area (Å²) in [6.45, 7) is 15.5. The monoisotopic (exact) mass is 2230 g/mol. The molecular weight excluding hydrogens is 2110 g/mol. The number of alkyl halides is 18. The molecule has 0 aromatic rings. The summed E-state index contributed by atoms with van der Waals surface area (Å²) in [5.74, 6) is -23.5. The zero-order chi connectivity index (χ0) is 107. The normalized spacial score (nSPS) is 13.3. The van der Waals surface area contributed by atoms with Crippen LogP contribution in [0.2, 0.25) is 0 Å². The summed E-state index contributed by atoms with van der Waals surface area (Å²) in [6, 6.07) is 0. The standard InChI is InChI=1S/C12H20F2O7S.C10H16F2O7S.C9H14F4O6S.C9H14F2O7S.C8H12F4O5S.C8H12F2O7S.C7H12F2O5S.7CH4/c1-4-11(2,3)9(15)20-7-5-6-8-21-10(16)12(13,14)22(17,18)19;1-4-9(2,3)7(13)18-5-6-19-8(14)10(11,12)20(15,16)17;1-3-6(2)7(14)18-4-5-19-8(10,11)9(12,13)20(15,16)17;1-3-6(2)7(12)17-4-5-18-8(13)9(10,11)19(14,15)16;1-3-5(2)6(13)17-4-7(9,10)8(11,12)18(14,15)16;1-3-5(2)6(11)16-4-17-7(12)8(9,10)18(13,14)15;1-3-5(2)6(10)14-4-7(8,9)15(11,12)13;;;;;;;/h4-8H2,1-3H3,(H,17,18,19);4-6H2,1-3H3,(H,15,16,17);6H,3-5H2,1-2H3,(H,15,16,17);6H,3-5H2,1-2H3,(H,14,15,16);5H,3-4H2,1-2H3,(H,14,15,16);5H,3-4H2,1-2H3,(H,13,14,15);5H,3-4H2,1-2H3,(H,11,12,13);7*1H4/p-7. The van der Waals surface area contributed by atoms with Gasteiger partial charge in [-0.3, -0.25) is 33.6 Å². The van der Waals surface area contributed by atoms with Gasteiger partial charge in [0.15, 0.2) is 84.0 Å². The molecule has 0 bridgehead atoms. The van der Waals surface area contributed by atoms with E-state index >= 15 is 0 Å². The third-order valence-electron chi connectivity index (χ3n) is 15.8. The van der Waals surface area contributed by atoms with E-state index in [4.69, 9.17) is 4.74 Å². The van der Waals surface area contributed by atoms with Gasteiger partial charge in [-0.2, -0.15) is 79.0 Å². The van der Waals surface area contributed by atoms with Gasteiger partial charge in [0.2, 0.25) is 6.79 Å². The van der Waals surface area contributed by atoms with Crippen molar-refractivity contribution >= 4 is 136 Å². The molecule has 0 aliphatic heterocycles. The molecule has 0 aromatic heterocycles. The van der Waals surface area contributed by atoms with Crippen LogP contribution in [0.25, 0.3) is 0 Å². The SMILES string of the molecule is C.C.C.C.C.C.C.CCC(C)(C)C(=O)OCCCCOC(=O)C(F)(F)S(=O)(=O)[O-].CCC(C)(C)C(=O)OCCOC(=O)C(F)(F)S(=O)(=O)[O-].CCC(C)C(=O)OCC(F)(F)C(F)(F)S(=O)(=O)[O-].CCC(C)C(=O)OCC(F)(F)S(=O)(=O)[O-].CCC(C)C(=O)OCCOC(=O)C(F)(F)S(=O)(=O)[O-].CCC(C)C(=O)OCCOC(F)(F)C(F)(F)S(=O)(=O)[O-].CCC(C)C(=O)OCOC(=O)C(F)(F)S(=O)(=O)[O-]. The summed E-state index contributed by atoms with van der Waals surface area (Å²) >= 11 is 0. The smallest absolute Gasteiger partial charge is 0.433 e. The van der Waals surface area contributed by atoms with Crippen molar-refractivity contribution in [3.63, 3.8) is 0 Å². The number of rotatable bonds is 48. The van der Waals surface area contributed by atoms with Gasteiger partial charge in [-0.25, -0.2) is 78.1 Å². The highest BCUT2D eigenvalue weighted by molar-refractivity contribution is 7.89. The zero-order valence-corrected chi connectivity index (χ0v) is 77.4. The molecule has 5 unspecified atom stereocenters. The maximum absolute atomic E-state index is 12.8. The Labute approximate surface area is 795 Å². The predicted molar refractivity (Wildman–Crippen MR) is 436 cm³/mol. The summed E-state index contributed by atoms with van der Waals surface area (Å²) in [6.07, 6.45) is -2.23. The van der Waals surface area contributed by atoms with Gasteiger partial charge in [-0.1, -0.05) is 135 Å². The highest BCUT2D eigenvalue weighted by atomic mass is 32.2. The van der Waals surface area contributed by atoms with E-state index in [0.29, 0.717) is 38.5 Å². The van der Waals surface area contributed by atoms with Crippen LogP contribution in [0.1, 0.15) is 221 Å². The molecule has 0 saturated heterocycles. The third-order valence-corrected chi connectivity index (χ3v) is 21.6. The molecule has 5 atom stereocenters. The zero-order valence-electron chi connectivity index (χ0n) is 71.7. The largest absolute Gasteiger partial charge is 0.743 e. The second kappa shape index (κ2) is 67.0. The highest BCUT2D eigenvalue weighted by Gasteiger charge is 2.64. The fraction of sp³-hybridized carbons (Fsp3) is 0.843. The van der Waals surface area contributed by atoms with Crippen molar-refractivity contribution < 1.29 is 279 Å². The summed E-state index contributed by atoms with van der Waals surface area (Å²) in [5, 5.41) is -37.0. The van der Waals surface area contributed by atoms with Crippen molar-refractivity contribution in [3.8, 4) is 0 Å². The first-order valence-electron chi connectivity index (χ1n) is 36.2. The number of unbranched alkanes of at least 4 members (excludes halogenated alkanes) is 1. The topological polar surface area (TPSA) is 699 Å². The number of halogens is 18. The Balaban J connectivity index is -0.000000109. The van der Waals surface area contributed by atoms with E-state index < -0.39 is 292 Å². The Morgan fingerprint density at radius 2 is 0.468 bits per heavy atom. The molecule has 0 rings (SSSR count). The van der Waals surface area contributed by atoms with Gasteiger partial charge in [-0.05, 0) is 85.5 Å². The Bertz CT molecular complexity index is 4580. The number of ether oxygens (including phenoxy) is 12. The Hall–Kier alpha value is -7.76. The van der Waals surface area contributed by atoms with Crippen LogP contribution in [0.15, 0.2) is 0 Å². The van der Waals surface area contributed by atoms with Crippen LogP contribution >= 0.6 is 0 Å². The van der Waals surface area contributed by atoms with Crippen LogP contribution in [0.3, 0.4) is 0 Å². The molecule has 0 aromatic carbocycles. The van der Waals surface area contributed by atoms with Gasteiger partial charge in [-0.15, -0.1) is 0 Å². The molecule has 0 N–H and O–H groups in total. The van der Waals surface area contributed by atoms with Gasteiger partial charge in [0.1, 0.15) is 33.0 Å². The third kappa shape index (κ3) is 56.8. The molecule has 0 saturated carbocycles. The number of esters is 11. The first kappa shape index (κ1) is 162. The second-order valence-electron chi connectivity index (χ2n) is 27.0. The summed E-state index contributed by atoms with van der Waals surface area (Å²) in [4.78, 5) is 121. The first-order chi connectivity index (χ1) is 58.6. The van der Waals surface area contributed by atoms with Gasteiger partial charge in [0.05, 0.1) is 60.2 Å².